The Labute approximate surface area is 127 Å². The monoisotopic (exact) mass is 286 g/mol. The van der Waals surface area contributed by atoms with Crippen LogP contribution in [-0.4, -0.2) is 19.0 Å². The maximum Gasteiger partial charge on any atom is 0.220 e. The van der Waals surface area contributed by atoms with Crippen LogP contribution in [0.4, 0.5) is 5.69 Å². The Morgan fingerprint density at radius 2 is 1.90 bits per heavy atom. The van der Waals surface area contributed by atoms with Gasteiger partial charge >= 0.3 is 0 Å². The summed E-state index contributed by atoms with van der Waals surface area (Å²) >= 11 is 0. The molecule has 1 aromatic carbocycles. The van der Waals surface area contributed by atoms with E-state index in [1.54, 1.807) is 0 Å². The predicted molar refractivity (Wildman–Crippen MR) is 86.4 cm³/mol. The molecule has 3 heteroatoms. The molecule has 1 aliphatic carbocycles. The number of hydrogen-bond donors (Lipinski definition) is 2. The Balaban J connectivity index is 1.53. The maximum atomic E-state index is 12.2. The van der Waals surface area contributed by atoms with E-state index in [1.807, 2.05) is 12.1 Å². The second-order valence-corrected chi connectivity index (χ2v) is 7.67. The first kappa shape index (κ1) is 14.4. The molecule has 0 bridgehead atoms. The van der Waals surface area contributed by atoms with E-state index in [0.717, 1.165) is 13.1 Å². The van der Waals surface area contributed by atoms with Crippen LogP contribution in [0, 0.1) is 16.7 Å². The molecule has 1 unspecified atom stereocenters. The fourth-order valence-electron chi connectivity index (χ4n) is 3.89. The van der Waals surface area contributed by atoms with E-state index in [0.29, 0.717) is 29.1 Å². The Kier molecular flexibility index (Phi) is 3.27. The summed E-state index contributed by atoms with van der Waals surface area (Å²) in [7, 11) is 0. The van der Waals surface area contributed by atoms with Gasteiger partial charge in [0.15, 0.2) is 0 Å². The van der Waals surface area contributed by atoms with Crippen molar-refractivity contribution in [1.29, 1.82) is 0 Å². The van der Waals surface area contributed by atoms with Gasteiger partial charge in [0.2, 0.25) is 5.91 Å². The average molecular weight is 286 g/mol. The third-order valence-electron chi connectivity index (χ3n) is 6.19. The lowest BCUT2D eigenvalue weighted by atomic mass is 9.97. The Morgan fingerprint density at radius 1 is 1.24 bits per heavy atom. The largest absolute Gasteiger partial charge is 0.384 e. The molecule has 1 atom stereocenters. The van der Waals surface area contributed by atoms with E-state index in [1.165, 1.54) is 11.3 Å². The van der Waals surface area contributed by atoms with Gasteiger partial charge in [-0.2, -0.15) is 0 Å². The highest BCUT2D eigenvalue weighted by Crippen LogP contribution is 2.67. The third-order valence-corrected chi connectivity index (χ3v) is 6.19. The van der Waals surface area contributed by atoms with Gasteiger partial charge in [0.1, 0.15) is 0 Å². The summed E-state index contributed by atoms with van der Waals surface area (Å²) in [6.07, 6.45) is 0.581. The number of benzene rings is 1. The zero-order valence-corrected chi connectivity index (χ0v) is 13.5. The summed E-state index contributed by atoms with van der Waals surface area (Å²) in [5, 5.41) is 6.53. The molecule has 21 heavy (non-hydrogen) atoms. The smallest absolute Gasteiger partial charge is 0.220 e. The summed E-state index contributed by atoms with van der Waals surface area (Å²) in [6.45, 7) is 10.8. The van der Waals surface area contributed by atoms with Gasteiger partial charge in [-0.25, -0.2) is 0 Å². The summed E-state index contributed by atoms with van der Waals surface area (Å²) in [6, 6.07) is 8.29. The Bertz CT molecular complexity index is 548. The highest BCUT2D eigenvalue weighted by molar-refractivity contribution is 5.78. The van der Waals surface area contributed by atoms with Crippen LogP contribution in [0.5, 0.6) is 0 Å². The van der Waals surface area contributed by atoms with E-state index in [4.69, 9.17) is 0 Å². The fraction of sp³-hybridized carbons (Fsp3) is 0.611. The van der Waals surface area contributed by atoms with Crippen molar-refractivity contribution < 1.29 is 4.79 Å². The van der Waals surface area contributed by atoms with Crippen molar-refractivity contribution in [2.75, 3.05) is 18.4 Å². The van der Waals surface area contributed by atoms with Gasteiger partial charge in [0, 0.05) is 31.1 Å². The Morgan fingerprint density at radius 3 is 2.57 bits per heavy atom. The van der Waals surface area contributed by atoms with Crippen molar-refractivity contribution in [3.63, 3.8) is 0 Å². The van der Waals surface area contributed by atoms with Crippen molar-refractivity contribution in [1.82, 2.24) is 5.32 Å². The van der Waals surface area contributed by atoms with E-state index in [9.17, 15) is 4.79 Å². The fourth-order valence-corrected chi connectivity index (χ4v) is 3.89. The number of carbonyl (C=O) groups excluding carboxylic acids is 1. The molecule has 3 nitrogen and oxygen atoms in total. The maximum absolute atomic E-state index is 12.2. The van der Waals surface area contributed by atoms with Crippen molar-refractivity contribution in [3.05, 3.63) is 29.8 Å². The van der Waals surface area contributed by atoms with Crippen LogP contribution in [0.25, 0.3) is 0 Å². The second-order valence-electron chi connectivity index (χ2n) is 7.67. The number of hydrogen-bond acceptors (Lipinski definition) is 2. The molecule has 1 aromatic rings. The van der Waals surface area contributed by atoms with Crippen LogP contribution in [0.3, 0.4) is 0 Å². The van der Waals surface area contributed by atoms with Crippen molar-refractivity contribution >= 4 is 11.6 Å². The molecule has 1 amide bonds. The average Bonchev–Trinajstić information content (AvgIpc) is 2.75. The second kappa shape index (κ2) is 4.75. The molecule has 3 rings (SSSR count). The van der Waals surface area contributed by atoms with Crippen molar-refractivity contribution in [2.45, 2.75) is 40.0 Å². The molecular weight excluding hydrogens is 260 g/mol. The zero-order chi connectivity index (χ0) is 15.3. The number of amides is 1. The molecule has 1 saturated carbocycles. The lowest BCUT2D eigenvalue weighted by Crippen LogP contribution is -2.28. The van der Waals surface area contributed by atoms with Gasteiger partial charge in [-0.1, -0.05) is 45.9 Å². The zero-order valence-electron chi connectivity index (χ0n) is 13.5. The van der Waals surface area contributed by atoms with E-state index in [-0.39, 0.29) is 5.91 Å². The van der Waals surface area contributed by atoms with Gasteiger partial charge in [-0.3, -0.25) is 4.79 Å². The SMILES string of the molecule is CC1(C)C(CNC(=O)CC2CNc3ccccc32)C1(C)C. The van der Waals surface area contributed by atoms with Crippen LogP contribution in [0.2, 0.25) is 0 Å². The van der Waals surface area contributed by atoms with Crippen LogP contribution >= 0.6 is 0 Å². The number of fused-ring (bicyclic) bond motifs is 1. The summed E-state index contributed by atoms with van der Waals surface area (Å²) in [4.78, 5) is 12.2. The van der Waals surface area contributed by atoms with Crippen LogP contribution in [0.1, 0.15) is 45.6 Å². The number of anilines is 1. The summed E-state index contributed by atoms with van der Waals surface area (Å²) in [5.41, 5.74) is 3.13. The summed E-state index contributed by atoms with van der Waals surface area (Å²) < 4.78 is 0. The van der Waals surface area contributed by atoms with E-state index < -0.39 is 0 Å². The lowest BCUT2D eigenvalue weighted by molar-refractivity contribution is -0.121. The minimum absolute atomic E-state index is 0.178. The number of para-hydroxylation sites is 1. The molecular formula is C18H26N2O. The standard InChI is InChI=1S/C18H26N2O/c1-17(2)15(18(17,3)4)11-20-16(21)9-12-10-19-14-8-6-5-7-13(12)14/h5-8,12,15,19H,9-11H2,1-4H3,(H,20,21). The van der Waals surface area contributed by atoms with Crippen molar-refractivity contribution in [3.8, 4) is 0 Å². The molecule has 2 aliphatic rings. The number of carbonyl (C=O) groups is 1. The molecule has 2 N–H and O–H groups in total. The lowest BCUT2D eigenvalue weighted by Gasteiger charge is -2.11. The quantitative estimate of drug-likeness (QED) is 0.891. The summed E-state index contributed by atoms with van der Waals surface area (Å²) in [5.74, 6) is 1.07. The number of rotatable bonds is 4. The molecule has 1 heterocycles. The molecule has 0 aromatic heterocycles. The van der Waals surface area contributed by atoms with Gasteiger partial charge in [-0.15, -0.1) is 0 Å². The highest BCUT2D eigenvalue weighted by Gasteiger charge is 2.64. The first-order valence-electron chi connectivity index (χ1n) is 7.93. The van der Waals surface area contributed by atoms with Gasteiger partial charge in [0.25, 0.3) is 0 Å². The molecule has 0 saturated heterocycles. The molecule has 1 aliphatic heterocycles. The molecule has 0 spiro atoms. The van der Waals surface area contributed by atoms with Crippen LogP contribution < -0.4 is 10.6 Å². The normalized spacial score (nSPS) is 25.0. The molecule has 1 fully saturated rings. The van der Waals surface area contributed by atoms with Crippen LogP contribution in [-0.2, 0) is 4.79 Å². The number of nitrogens with one attached hydrogen (secondary N) is 2. The Hall–Kier alpha value is -1.51. The minimum Gasteiger partial charge on any atom is -0.384 e. The first-order valence-corrected chi connectivity index (χ1v) is 7.93. The molecule has 114 valence electrons. The van der Waals surface area contributed by atoms with Gasteiger partial charge < -0.3 is 10.6 Å². The minimum atomic E-state index is 0.178. The van der Waals surface area contributed by atoms with Crippen LogP contribution in [0.15, 0.2) is 24.3 Å². The van der Waals surface area contributed by atoms with E-state index >= 15 is 0 Å². The predicted octanol–water partition coefficient (Wildman–Crippen LogP) is 3.38. The van der Waals surface area contributed by atoms with Gasteiger partial charge in [-0.05, 0) is 28.4 Å². The third kappa shape index (κ3) is 2.33. The van der Waals surface area contributed by atoms with Crippen molar-refractivity contribution in [2.24, 2.45) is 16.7 Å². The first-order chi connectivity index (χ1) is 9.84. The topological polar surface area (TPSA) is 41.1 Å². The highest BCUT2D eigenvalue weighted by atomic mass is 16.1. The van der Waals surface area contributed by atoms with Gasteiger partial charge in [0.05, 0.1) is 0 Å². The molecule has 0 radical (unpaired) electrons. The van der Waals surface area contributed by atoms with E-state index in [2.05, 4.69) is 50.5 Å².